The van der Waals surface area contributed by atoms with Gasteiger partial charge in [0.05, 0.1) is 5.69 Å². The number of thiazole rings is 1. The maximum absolute atomic E-state index is 13.0. The Hall–Kier alpha value is -3.57. The standard InChI is InChI=1S/C25H22F3N5O2S/c26-25(27,28)22-32-20(33-35-22)17-7-4-8-18(13-17)21(34)30-15-24(9-11-29-12-10-24)23-31-19(14-36-23)16-5-2-1-3-6-16/h1-8,13-14,29H,9-12,15H2,(H,30,34). The first kappa shape index (κ1) is 24.1. The number of carbonyl (C=O) groups is 1. The van der Waals surface area contributed by atoms with E-state index in [1.54, 1.807) is 23.5 Å². The highest BCUT2D eigenvalue weighted by atomic mass is 32.1. The number of alkyl halides is 3. The quantitative estimate of drug-likeness (QED) is 0.380. The molecule has 0 radical (unpaired) electrons. The molecule has 0 unspecified atom stereocenters. The van der Waals surface area contributed by atoms with Gasteiger partial charge >= 0.3 is 12.1 Å². The summed E-state index contributed by atoms with van der Waals surface area (Å²) in [5, 5.41) is 12.8. The van der Waals surface area contributed by atoms with Crippen molar-refractivity contribution in [2.45, 2.75) is 24.4 Å². The fourth-order valence-corrected chi connectivity index (χ4v) is 5.33. The summed E-state index contributed by atoms with van der Waals surface area (Å²) in [5.74, 6) is -2.00. The summed E-state index contributed by atoms with van der Waals surface area (Å²) in [7, 11) is 0. The summed E-state index contributed by atoms with van der Waals surface area (Å²) in [6, 6.07) is 16.1. The van der Waals surface area contributed by atoms with Gasteiger partial charge in [-0.05, 0) is 38.1 Å². The molecule has 1 aliphatic rings. The topological polar surface area (TPSA) is 92.9 Å². The lowest BCUT2D eigenvalue weighted by molar-refractivity contribution is -0.159. The summed E-state index contributed by atoms with van der Waals surface area (Å²) in [4.78, 5) is 21.4. The predicted molar refractivity (Wildman–Crippen MR) is 128 cm³/mol. The molecule has 5 rings (SSSR count). The normalized spacial score (nSPS) is 15.5. The van der Waals surface area contributed by atoms with Gasteiger partial charge in [0, 0.05) is 34.0 Å². The average Bonchev–Trinajstić information content (AvgIpc) is 3.60. The zero-order valence-electron chi connectivity index (χ0n) is 19.0. The lowest BCUT2D eigenvalue weighted by atomic mass is 9.79. The van der Waals surface area contributed by atoms with Crippen LogP contribution in [0.3, 0.4) is 0 Å². The first-order chi connectivity index (χ1) is 17.3. The van der Waals surface area contributed by atoms with Crippen LogP contribution in [-0.4, -0.2) is 40.7 Å². The van der Waals surface area contributed by atoms with Gasteiger partial charge in [-0.2, -0.15) is 18.2 Å². The predicted octanol–water partition coefficient (Wildman–Crippen LogP) is 4.93. The highest BCUT2D eigenvalue weighted by Gasteiger charge is 2.39. The molecule has 1 saturated heterocycles. The number of benzene rings is 2. The Kier molecular flexibility index (Phi) is 6.59. The van der Waals surface area contributed by atoms with Crippen molar-refractivity contribution in [1.82, 2.24) is 25.8 Å². The van der Waals surface area contributed by atoms with Gasteiger partial charge in [0.1, 0.15) is 5.01 Å². The number of nitrogens with one attached hydrogen (secondary N) is 2. The van der Waals surface area contributed by atoms with E-state index < -0.39 is 12.1 Å². The molecule has 1 amide bonds. The second-order valence-corrected chi connectivity index (χ2v) is 9.48. The number of amides is 1. The molecule has 186 valence electrons. The highest BCUT2D eigenvalue weighted by molar-refractivity contribution is 7.10. The van der Waals surface area contributed by atoms with E-state index >= 15 is 0 Å². The minimum atomic E-state index is -4.74. The molecule has 2 N–H and O–H groups in total. The number of hydrogen-bond acceptors (Lipinski definition) is 7. The summed E-state index contributed by atoms with van der Waals surface area (Å²) >= 11 is 1.59. The van der Waals surface area contributed by atoms with E-state index in [9.17, 15) is 18.0 Å². The molecule has 3 heterocycles. The molecule has 11 heteroatoms. The van der Waals surface area contributed by atoms with Crippen LogP contribution in [-0.2, 0) is 11.6 Å². The van der Waals surface area contributed by atoms with E-state index in [2.05, 4.69) is 25.3 Å². The van der Waals surface area contributed by atoms with Crippen LogP contribution in [0.2, 0.25) is 0 Å². The number of aromatic nitrogens is 3. The third-order valence-corrected chi connectivity index (χ3v) is 7.32. The first-order valence-corrected chi connectivity index (χ1v) is 12.2. The number of halogens is 3. The van der Waals surface area contributed by atoms with Crippen molar-refractivity contribution in [2.24, 2.45) is 0 Å². The molecule has 0 bridgehead atoms. The SMILES string of the molecule is O=C(NCC1(c2nc(-c3ccccc3)cs2)CCNCC1)c1cccc(-c2noc(C(F)(F)F)n2)c1. The Morgan fingerprint density at radius 3 is 2.53 bits per heavy atom. The average molecular weight is 514 g/mol. The van der Waals surface area contributed by atoms with Crippen LogP contribution >= 0.6 is 11.3 Å². The van der Waals surface area contributed by atoms with Gasteiger partial charge in [-0.25, -0.2) is 4.98 Å². The van der Waals surface area contributed by atoms with Crippen LogP contribution in [0.15, 0.2) is 64.5 Å². The van der Waals surface area contributed by atoms with Gasteiger partial charge in [0.25, 0.3) is 5.91 Å². The smallest absolute Gasteiger partial charge is 0.351 e. The molecule has 2 aromatic carbocycles. The van der Waals surface area contributed by atoms with Crippen LogP contribution in [0.25, 0.3) is 22.6 Å². The Morgan fingerprint density at radius 2 is 1.81 bits per heavy atom. The van der Waals surface area contributed by atoms with Crippen LogP contribution in [0.5, 0.6) is 0 Å². The van der Waals surface area contributed by atoms with Gasteiger partial charge < -0.3 is 15.2 Å². The number of carbonyl (C=O) groups excluding carboxylic acids is 1. The highest BCUT2D eigenvalue weighted by Crippen LogP contribution is 2.37. The van der Waals surface area contributed by atoms with Crippen LogP contribution in [0, 0.1) is 0 Å². The molecular formula is C25H22F3N5O2S. The van der Waals surface area contributed by atoms with Gasteiger partial charge in [-0.1, -0.05) is 47.6 Å². The molecule has 0 saturated carbocycles. The van der Waals surface area contributed by atoms with E-state index in [4.69, 9.17) is 4.98 Å². The monoisotopic (exact) mass is 513 g/mol. The molecule has 1 fully saturated rings. The Bertz CT molecular complexity index is 1350. The second kappa shape index (κ2) is 9.82. The van der Waals surface area contributed by atoms with E-state index in [1.165, 1.54) is 12.1 Å². The van der Waals surface area contributed by atoms with Gasteiger partial charge in [-0.15, -0.1) is 11.3 Å². The minimum absolute atomic E-state index is 0.233. The third-order valence-electron chi connectivity index (χ3n) is 6.23. The van der Waals surface area contributed by atoms with Gasteiger partial charge in [0.15, 0.2) is 0 Å². The molecular weight excluding hydrogens is 491 g/mol. The maximum atomic E-state index is 13.0. The van der Waals surface area contributed by atoms with Crippen molar-refractivity contribution in [3.05, 3.63) is 76.4 Å². The largest absolute Gasteiger partial charge is 0.471 e. The zero-order valence-corrected chi connectivity index (χ0v) is 19.8. The summed E-state index contributed by atoms with van der Waals surface area (Å²) in [6.45, 7) is 2.01. The molecule has 1 aliphatic heterocycles. The minimum Gasteiger partial charge on any atom is -0.351 e. The lowest BCUT2D eigenvalue weighted by Crippen LogP contribution is -2.47. The van der Waals surface area contributed by atoms with E-state index in [0.29, 0.717) is 12.1 Å². The fraction of sp³-hybridized carbons (Fsp3) is 0.280. The maximum Gasteiger partial charge on any atom is 0.471 e. The number of piperidine rings is 1. The van der Waals surface area contributed by atoms with Crippen molar-refractivity contribution in [3.8, 4) is 22.6 Å². The molecule has 0 atom stereocenters. The van der Waals surface area contributed by atoms with Crippen molar-refractivity contribution < 1.29 is 22.5 Å². The number of hydrogen-bond donors (Lipinski definition) is 2. The Labute approximate surface area is 208 Å². The van der Waals surface area contributed by atoms with Gasteiger partial charge in [0.2, 0.25) is 5.82 Å². The Morgan fingerprint density at radius 1 is 1.06 bits per heavy atom. The molecule has 0 spiro atoms. The lowest BCUT2D eigenvalue weighted by Gasteiger charge is -2.36. The van der Waals surface area contributed by atoms with Crippen molar-refractivity contribution in [3.63, 3.8) is 0 Å². The first-order valence-electron chi connectivity index (χ1n) is 11.4. The summed E-state index contributed by atoms with van der Waals surface area (Å²) in [6.07, 6.45) is -3.10. The Balaban J connectivity index is 1.34. The van der Waals surface area contributed by atoms with Crippen molar-refractivity contribution in [1.29, 1.82) is 0 Å². The van der Waals surface area contributed by atoms with E-state index in [0.717, 1.165) is 42.2 Å². The second-order valence-electron chi connectivity index (χ2n) is 8.62. The molecule has 0 aliphatic carbocycles. The van der Waals surface area contributed by atoms with Crippen molar-refractivity contribution >= 4 is 17.2 Å². The van der Waals surface area contributed by atoms with Crippen molar-refractivity contribution in [2.75, 3.05) is 19.6 Å². The molecule has 36 heavy (non-hydrogen) atoms. The molecule has 4 aromatic rings. The van der Waals surface area contributed by atoms with Gasteiger partial charge in [-0.3, -0.25) is 4.79 Å². The number of nitrogens with zero attached hydrogens (tertiary/aromatic N) is 3. The summed E-state index contributed by atoms with van der Waals surface area (Å²) < 4.78 is 42.7. The third kappa shape index (κ3) is 5.02. The van der Waals surface area contributed by atoms with E-state index in [-0.39, 0.29) is 22.7 Å². The molecule has 2 aromatic heterocycles. The van der Waals surface area contributed by atoms with Crippen LogP contribution < -0.4 is 10.6 Å². The van der Waals surface area contributed by atoms with E-state index in [1.807, 2.05) is 35.7 Å². The van der Waals surface area contributed by atoms with Crippen LogP contribution in [0.4, 0.5) is 13.2 Å². The van der Waals surface area contributed by atoms with Crippen LogP contribution in [0.1, 0.15) is 34.1 Å². The number of rotatable bonds is 6. The molecule has 7 nitrogen and oxygen atoms in total. The zero-order chi connectivity index (χ0) is 25.2. The summed E-state index contributed by atoms with van der Waals surface area (Å²) in [5.41, 5.74) is 2.18. The fourth-order valence-electron chi connectivity index (χ4n) is 4.24.